The molecule has 0 radical (unpaired) electrons. The molecule has 0 atom stereocenters. The second-order valence-corrected chi connectivity index (χ2v) is 6.27. The number of anilines is 1. The molecule has 2 heterocycles. The fourth-order valence-corrected chi connectivity index (χ4v) is 2.83. The maximum atomic E-state index is 13.2. The Bertz CT molecular complexity index is 946. The molecule has 1 aliphatic carbocycles. The molecule has 8 heteroatoms. The molecule has 0 saturated heterocycles. The number of nitrogens with zero attached hydrogens (tertiary/aromatic N) is 3. The number of amides is 1. The lowest BCUT2D eigenvalue weighted by Gasteiger charge is -2.20. The lowest BCUT2D eigenvalue weighted by atomic mass is 9.85. The SMILES string of the molecule is O=C(Cn1cccc1-c1nnc(C2CCC2)o1)Nc1ccc(F)c(F)c1. The first-order chi connectivity index (χ1) is 12.6. The molecule has 1 N–H and O–H groups in total. The van der Waals surface area contributed by atoms with E-state index in [1.54, 1.807) is 22.9 Å². The van der Waals surface area contributed by atoms with Crippen LogP contribution in [0.3, 0.4) is 0 Å². The van der Waals surface area contributed by atoms with E-state index in [0.717, 1.165) is 25.0 Å². The van der Waals surface area contributed by atoms with Crippen molar-refractivity contribution in [3.05, 3.63) is 54.1 Å². The van der Waals surface area contributed by atoms with Gasteiger partial charge in [0.1, 0.15) is 12.2 Å². The maximum Gasteiger partial charge on any atom is 0.264 e. The number of rotatable bonds is 5. The van der Waals surface area contributed by atoms with Gasteiger partial charge in [0.2, 0.25) is 11.8 Å². The van der Waals surface area contributed by atoms with Gasteiger partial charge in [-0.05, 0) is 37.1 Å². The molecule has 0 spiro atoms. The molecular weight excluding hydrogens is 342 g/mol. The van der Waals surface area contributed by atoms with Crippen LogP contribution in [0.4, 0.5) is 14.5 Å². The Labute approximate surface area is 147 Å². The van der Waals surface area contributed by atoms with E-state index >= 15 is 0 Å². The van der Waals surface area contributed by atoms with E-state index < -0.39 is 11.6 Å². The van der Waals surface area contributed by atoms with E-state index in [-0.39, 0.29) is 18.1 Å². The summed E-state index contributed by atoms with van der Waals surface area (Å²) in [5.41, 5.74) is 0.816. The highest BCUT2D eigenvalue weighted by atomic mass is 19.2. The smallest absolute Gasteiger partial charge is 0.264 e. The van der Waals surface area contributed by atoms with Gasteiger partial charge < -0.3 is 14.3 Å². The van der Waals surface area contributed by atoms with E-state index in [4.69, 9.17) is 4.42 Å². The average Bonchev–Trinajstić information content (AvgIpc) is 3.18. The van der Waals surface area contributed by atoms with Crippen LogP contribution in [0, 0.1) is 11.6 Å². The molecule has 0 bridgehead atoms. The van der Waals surface area contributed by atoms with Crippen molar-refractivity contribution in [2.75, 3.05) is 5.32 Å². The molecule has 1 saturated carbocycles. The Kier molecular flexibility index (Phi) is 4.24. The highest BCUT2D eigenvalue weighted by molar-refractivity contribution is 5.90. The monoisotopic (exact) mass is 358 g/mol. The minimum absolute atomic E-state index is 0.0253. The summed E-state index contributed by atoms with van der Waals surface area (Å²) in [5.74, 6) is -1.04. The van der Waals surface area contributed by atoms with Crippen LogP contribution in [0.25, 0.3) is 11.6 Å². The van der Waals surface area contributed by atoms with Gasteiger partial charge in [-0.3, -0.25) is 4.79 Å². The largest absolute Gasteiger partial charge is 0.419 e. The fourth-order valence-electron chi connectivity index (χ4n) is 2.83. The van der Waals surface area contributed by atoms with E-state index in [2.05, 4.69) is 15.5 Å². The van der Waals surface area contributed by atoms with Gasteiger partial charge in [-0.15, -0.1) is 10.2 Å². The predicted octanol–water partition coefficient (Wildman–Crippen LogP) is 3.72. The van der Waals surface area contributed by atoms with Gasteiger partial charge in [0.05, 0.1) is 0 Å². The highest BCUT2D eigenvalue weighted by Gasteiger charge is 2.26. The molecular formula is C18H16F2N4O2. The van der Waals surface area contributed by atoms with Gasteiger partial charge in [-0.1, -0.05) is 6.42 Å². The number of hydrogen-bond donors (Lipinski definition) is 1. The van der Waals surface area contributed by atoms with Crippen molar-refractivity contribution >= 4 is 11.6 Å². The normalized spacial score (nSPS) is 14.2. The minimum Gasteiger partial charge on any atom is -0.419 e. The van der Waals surface area contributed by atoms with Gasteiger partial charge >= 0.3 is 0 Å². The molecule has 1 aliphatic rings. The number of aromatic nitrogens is 3. The Morgan fingerprint density at radius 1 is 1.23 bits per heavy atom. The van der Waals surface area contributed by atoms with Gasteiger partial charge in [-0.25, -0.2) is 8.78 Å². The number of carbonyl (C=O) groups is 1. The van der Waals surface area contributed by atoms with Crippen LogP contribution in [0.5, 0.6) is 0 Å². The fraction of sp³-hybridized carbons (Fsp3) is 0.278. The van der Waals surface area contributed by atoms with Crippen LogP contribution in [0.1, 0.15) is 31.1 Å². The molecule has 26 heavy (non-hydrogen) atoms. The maximum absolute atomic E-state index is 13.2. The van der Waals surface area contributed by atoms with Crippen LogP contribution in [-0.2, 0) is 11.3 Å². The van der Waals surface area contributed by atoms with Crippen molar-refractivity contribution in [2.24, 2.45) is 0 Å². The highest BCUT2D eigenvalue weighted by Crippen LogP contribution is 2.36. The molecule has 4 rings (SSSR count). The summed E-state index contributed by atoms with van der Waals surface area (Å²) in [6.45, 7) is -0.0253. The van der Waals surface area contributed by atoms with E-state index in [0.29, 0.717) is 23.4 Å². The first-order valence-electron chi connectivity index (χ1n) is 8.34. The van der Waals surface area contributed by atoms with Crippen LogP contribution in [0.2, 0.25) is 0 Å². The number of hydrogen-bond acceptors (Lipinski definition) is 4. The van der Waals surface area contributed by atoms with Gasteiger partial charge in [-0.2, -0.15) is 0 Å². The first-order valence-corrected chi connectivity index (χ1v) is 8.34. The van der Waals surface area contributed by atoms with E-state index in [1.165, 1.54) is 12.5 Å². The van der Waals surface area contributed by atoms with Crippen LogP contribution in [-0.4, -0.2) is 20.7 Å². The van der Waals surface area contributed by atoms with Gasteiger partial charge in [0, 0.05) is 23.9 Å². The summed E-state index contributed by atoms with van der Waals surface area (Å²) in [5, 5.41) is 10.7. The third-order valence-electron chi connectivity index (χ3n) is 4.46. The van der Waals surface area contributed by atoms with Crippen LogP contribution in [0.15, 0.2) is 40.9 Å². The number of halogens is 2. The summed E-state index contributed by atoms with van der Waals surface area (Å²) in [4.78, 5) is 12.2. The summed E-state index contributed by atoms with van der Waals surface area (Å²) in [6.07, 6.45) is 4.99. The second kappa shape index (κ2) is 6.70. The van der Waals surface area contributed by atoms with Gasteiger partial charge in [0.25, 0.3) is 5.89 Å². The Morgan fingerprint density at radius 2 is 2.08 bits per heavy atom. The Morgan fingerprint density at radius 3 is 2.81 bits per heavy atom. The first kappa shape index (κ1) is 16.4. The van der Waals surface area contributed by atoms with E-state index in [1.807, 2.05) is 0 Å². The van der Waals surface area contributed by atoms with Crippen LogP contribution < -0.4 is 5.32 Å². The van der Waals surface area contributed by atoms with E-state index in [9.17, 15) is 13.6 Å². The summed E-state index contributed by atoms with van der Waals surface area (Å²) >= 11 is 0. The Hall–Kier alpha value is -3.03. The standard InChI is InChI=1S/C18H16F2N4O2/c19-13-7-6-12(9-14(13)20)21-16(25)10-24-8-2-5-15(24)18-23-22-17(26-18)11-3-1-4-11/h2,5-9,11H,1,3-4,10H2,(H,21,25). The third-order valence-corrected chi connectivity index (χ3v) is 4.46. The Balaban J connectivity index is 1.47. The molecule has 134 valence electrons. The number of carbonyl (C=O) groups excluding carboxylic acids is 1. The summed E-state index contributed by atoms with van der Waals surface area (Å²) in [6, 6.07) is 6.76. The molecule has 1 amide bonds. The van der Waals surface area contributed by atoms with Crippen molar-refractivity contribution < 1.29 is 18.0 Å². The second-order valence-electron chi connectivity index (χ2n) is 6.27. The quantitative estimate of drug-likeness (QED) is 0.754. The molecule has 1 aromatic carbocycles. The molecule has 1 fully saturated rings. The zero-order chi connectivity index (χ0) is 18.1. The zero-order valence-electron chi connectivity index (χ0n) is 13.8. The zero-order valence-corrected chi connectivity index (χ0v) is 13.8. The number of nitrogens with one attached hydrogen (secondary N) is 1. The van der Waals surface area contributed by atoms with Crippen molar-refractivity contribution in [1.29, 1.82) is 0 Å². The lowest BCUT2D eigenvalue weighted by Crippen LogP contribution is -2.19. The van der Waals surface area contributed by atoms with Crippen molar-refractivity contribution in [1.82, 2.24) is 14.8 Å². The van der Waals surface area contributed by atoms with Gasteiger partial charge in [0.15, 0.2) is 11.6 Å². The van der Waals surface area contributed by atoms with Crippen molar-refractivity contribution in [3.63, 3.8) is 0 Å². The third kappa shape index (κ3) is 3.22. The predicted molar refractivity (Wildman–Crippen MR) is 89.3 cm³/mol. The average molecular weight is 358 g/mol. The molecule has 0 unspecified atom stereocenters. The molecule has 6 nitrogen and oxygen atoms in total. The topological polar surface area (TPSA) is 73.0 Å². The van der Waals surface area contributed by atoms with Crippen LogP contribution >= 0.6 is 0 Å². The number of benzene rings is 1. The molecule has 3 aromatic rings. The van der Waals surface area contributed by atoms with Crippen molar-refractivity contribution in [3.8, 4) is 11.6 Å². The molecule has 0 aliphatic heterocycles. The minimum atomic E-state index is -1.01. The molecule has 2 aromatic heterocycles. The lowest BCUT2D eigenvalue weighted by molar-refractivity contribution is -0.116. The summed E-state index contributed by atoms with van der Waals surface area (Å²) < 4.78 is 33.6. The summed E-state index contributed by atoms with van der Waals surface area (Å²) in [7, 11) is 0. The van der Waals surface area contributed by atoms with Crippen molar-refractivity contribution in [2.45, 2.75) is 31.7 Å².